The van der Waals surface area contributed by atoms with Gasteiger partial charge in [-0.3, -0.25) is 4.79 Å². The summed E-state index contributed by atoms with van der Waals surface area (Å²) < 4.78 is 118. The molecule has 3 aromatic heterocycles. The SMILES string of the molecule is CC(C)(C)OC(=O)c1ccc(-c2nc([C@H]3CC[C@H](O)[C@@H](F)C3)cnc2N)cc1F.Cl.N[C@H](CO)c1cc(F)cc(Br)c1.Nc1ncc([C@H]2CC[C@H](O)[C@@H](F)C2)nc1-c1ccc(C(=O)N[C@H](CO)c2cc(F)cc(Br)c2)c(F)c1.Nc1ncc([C@H]2CC[C@H](O)[C@@H](F)C2)nc1-c1ccc(C(=O)O)c(F)c1. The van der Waals surface area contributed by atoms with E-state index in [2.05, 4.69) is 67.1 Å². The molecule has 0 saturated heterocycles. The Balaban J connectivity index is 0.000000202. The average Bonchev–Trinajstić information content (AvgIpc) is 0.806. The first kappa shape index (κ1) is 81.9. The summed E-state index contributed by atoms with van der Waals surface area (Å²) in [5, 5.41) is 58.5. The van der Waals surface area contributed by atoms with Crippen LogP contribution < -0.4 is 28.3 Å². The van der Waals surface area contributed by atoms with Crippen LogP contribution in [0, 0.1) is 29.1 Å². The maximum Gasteiger partial charge on any atom is 0.341 e. The van der Waals surface area contributed by atoms with E-state index in [4.69, 9.17) is 37.9 Å². The third-order valence-electron chi connectivity index (χ3n) is 17.0. The van der Waals surface area contributed by atoms with E-state index in [1.165, 1.54) is 73.2 Å². The lowest BCUT2D eigenvalue weighted by Gasteiger charge is -2.28. The van der Waals surface area contributed by atoms with E-state index in [0.717, 1.165) is 30.3 Å². The number of carboxylic acid groups (broad SMARTS) is 1. The lowest BCUT2D eigenvalue weighted by atomic mass is 9.84. The van der Waals surface area contributed by atoms with Crippen molar-refractivity contribution in [2.24, 2.45) is 5.73 Å². The number of aliphatic hydroxyl groups is 5. The minimum absolute atomic E-state index is 0. The number of anilines is 3. The van der Waals surface area contributed by atoms with Crippen LogP contribution in [0.5, 0.6) is 0 Å². The van der Waals surface area contributed by atoms with E-state index >= 15 is 0 Å². The Bertz CT molecular complexity index is 4270. The molecule has 5 aromatic carbocycles. The van der Waals surface area contributed by atoms with Crippen molar-refractivity contribution in [2.75, 3.05) is 30.4 Å². The van der Waals surface area contributed by atoms with Crippen molar-refractivity contribution in [1.82, 2.24) is 35.2 Å². The van der Waals surface area contributed by atoms with Gasteiger partial charge in [0, 0.05) is 43.4 Å². The molecule has 552 valence electrons. The molecule has 11 rings (SSSR count). The van der Waals surface area contributed by atoms with Crippen molar-refractivity contribution >= 4 is 79.6 Å². The second-order valence-electron chi connectivity index (χ2n) is 25.7. The fraction of sp³-hybridized carbons (Fsp3) is 0.366. The first-order valence-corrected chi connectivity index (χ1v) is 33.7. The number of alkyl halides is 3. The molecule has 1 amide bonds. The summed E-state index contributed by atoms with van der Waals surface area (Å²) in [5.74, 6) is -6.84. The summed E-state index contributed by atoms with van der Waals surface area (Å²) in [6, 6.07) is 18.2. The number of nitrogens with zero attached hydrogens (tertiary/aromatic N) is 6. The smallest absolute Gasteiger partial charge is 0.341 e. The van der Waals surface area contributed by atoms with E-state index in [9.17, 15) is 69.9 Å². The lowest BCUT2D eigenvalue weighted by Crippen LogP contribution is -2.31. The van der Waals surface area contributed by atoms with E-state index in [1.54, 1.807) is 26.8 Å². The highest BCUT2D eigenvalue weighted by Crippen LogP contribution is 2.39. The molecule has 0 spiro atoms. The molecule has 3 saturated carbocycles. The number of aliphatic hydroxyl groups excluding tert-OH is 5. The number of nitrogen functional groups attached to an aromatic ring is 3. The van der Waals surface area contributed by atoms with Crippen LogP contribution in [-0.4, -0.2) is 134 Å². The molecule has 0 aliphatic heterocycles. The number of aromatic carboxylic acids is 1. The van der Waals surface area contributed by atoms with Gasteiger partial charge in [0.2, 0.25) is 0 Å². The van der Waals surface area contributed by atoms with E-state index < -0.39 is 108 Å². The standard InChI is InChI=1S/C25H24BrF3N4O3.C21H25F2N3O3.C17H17F2N3O3.C8H9BrFNO.ClH/c26-15-5-14(6-16(27)9-15)21(11-34)33-25(36)17-3-1-13(8-18(17)28)23-24(30)31-10-20(32-23)12-2-4-22(35)19(29)7-12;1-21(2,3)29-20(28)13-6-4-12(9-14(13)22)18-19(24)25-10-16(26-18)11-5-7-17(27)15(23)8-11;18-11-6-9(1-3-10(11)17(24)25)15-16(20)21-7-13(22-15)8-2-4-14(23)12(19)5-8;9-6-1-5(8(11)4-12)2-7(10)3-6;/h1,3,5-6,8-10,12,19,21-22,34-35H,2,4,7,11H2,(H2,30,31)(H,33,36);4,6,9-11,15,17,27H,5,7-8H2,1-3H3,(H2,24,25);1,3,6-8,12,14,23H,2,4-5H2,(H2,20,21)(H,24,25);1-3,8,12H,4,11H2;1H/t12-,19-,21+,22-;11-,15-,17-;8-,12-,14-;8-;/m0001./s1. The van der Waals surface area contributed by atoms with Crippen molar-refractivity contribution in [3.8, 4) is 33.8 Å². The first-order valence-electron chi connectivity index (χ1n) is 32.1. The normalized spacial score (nSPS) is 20.7. The molecule has 3 aliphatic carbocycles. The highest BCUT2D eigenvalue weighted by Gasteiger charge is 2.35. The van der Waals surface area contributed by atoms with E-state index in [1.807, 2.05) is 0 Å². The Morgan fingerprint density at radius 1 is 0.544 bits per heavy atom. The molecule has 15 N–H and O–H groups in total. The van der Waals surface area contributed by atoms with Gasteiger partial charge in [-0.1, -0.05) is 50.1 Å². The van der Waals surface area contributed by atoms with Crippen molar-refractivity contribution in [3.63, 3.8) is 0 Å². The molecule has 103 heavy (non-hydrogen) atoms. The number of amides is 1. The summed E-state index contributed by atoms with van der Waals surface area (Å²) in [4.78, 5) is 61.4. The zero-order valence-electron chi connectivity index (χ0n) is 55.5. The second-order valence-corrected chi connectivity index (χ2v) is 27.5. The van der Waals surface area contributed by atoms with Crippen molar-refractivity contribution in [2.45, 2.75) is 151 Å². The molecule has 0 unspecified atom stereocenters. The number of halogens is 11. The van der Waals surface area contributed by atoms with Crippen LogP contribution in [-0.2, 0) is 4.74 Å². The fourth-order valence-electron chi connectivity index (χ4n) is 11.6. The van der Waals surface area contributed by atoms with Crippen LogP contribution in [0.4, 0.5) is 52.6 Å². The number of nitrogens with two attached hydrogens (primary N) is 4. The average molecular weight is 1590 g/mol. The van der Waals surface area contributed by atoms with E-state index in [-0.39, 0.29) is 113 Å². The van der Waals surface area contributed by atoms with Gasteiger partial charge in [-0.05, 0) is 162 Å². The van der Waals surface area contributed by atoms with Gasteiger partial charge >= 0.3 is 11.9 Å². The summed E-state index contributed by atoms with van der Waals surface area (Å²) in [7, 11) is 0. The predicted molar refractivity (Wildman–Crippen MR) is 377 cm³/mol. The highest BCUT2D eigenvalue weighted by molar-refractivity contribution is 9.10. The third kappa shape index (κ3) is 21.8. The van der Waals surface area contributed by atoms with Gasteiger partial charge in [0.25, 0.3) is 5.91 Å². The maximum absolute atomic E-state index is 15.0. The summed E-state index contributed by atoms with van der Waals surface area (Å²) in [5.41, 5.74) is 25.6. The van der Waals surface area contributed by atoms with Gasteiger partial charge in [0.15, 0.2) is 0 Å². The maximum atomic E-state index is 15.0. The number of ether oxygens (including phenoxy) is 1. The highest BCUT2D eigenvalue weighted by atomic mass is 79.9. The molecule has 0 bridgehead atoms. The zero-order chi connectivity index (χ0) is 74.6. The van der Waals surface area contributed by atoms with Crippen LogP contribution in [0.1, 0.15) is 168 Å². The molecule has 3 fully saturated rings. The Kier molecular flexibility index (Phi) is 28.9. The molecule has 8 aromatic rings. The van der Waals surface area contributed by atoms with Crippen LogP contribution in [0.2, 0.25) is 0 Å². The quantitative estimate of drug-likeness (QED) is 0.0356. The molecule has 3 aliphatic rings. The summed E-state index contributed by atoms with van der Waals surface area (Å²) in [6.45, 7) is 4.38. The van der Waals surface area contributed by atoms with E-state index in [0.29, 0.717) is 86.8 Å². The molecular formula is C71H76Br2ClF8N11O10. The first-order chi connectivity index (χ1) is 48.2. The van der Waals surface area contributed by atoms with Crippen LogP contribution in [0.15, 0.2) is 119 Å². The molecule has 11 atom stereocenters. The van der Waals surface area contributed by atoms with Gasteiger partial charge < -0.3 is 63.6 Å². The molecule has 3 heterocycles. The van der Waals surface area contributed by atoms with Gasteiger partial charge in [0.05, 0.1) is 96.0 Å². The fourth-order valence-corrected chi connectivity index (χ4v) is 12.5. The minimum atomic E-state index is -1.37. The number of benzene rings is 5. The Morgan fingerprint density at radius 2 is 0.903 bits per heavy atom. The number of esters is 1. The number of carbonyl (C=O) groups is 3. The van der Waals surface area contributed by atoms with Crippen LogP contribution in [0.25, 0.3) is 33.8 Å². The number of hydrogen-bond donors (Lipinski definition) is 11. The van der Waals surface area contributed by atoms with Crippen LogP contribution >= 0.6 is 44.3 Å². The van der Waals surface area contributed by atoms with Crippen molar-refractivity contribution < 1.29 is 84.9 Å². The van der Waals surface area contributed by atoms with Gasteiger partial charge in [-0.15, -0.1) is 12.4 Å². The molecule has 32 heteroatoms. The number of nitrogens with one attached hydrogen (secondary N) is 1. The third-order valence-corrected chi connectivity index (χ3v) is 17.9. The van der Waals surface area contributed by atoms with Crippen molar-refractivity contribution in [3.05, 3.63) is 193 Å². The van der Waals surface area contributed by atoms with Crippen molar-refractivity contribution in [1.29, 1.82) is 0 Å². The van der Waals surface area contributed by atoms with Gasteiger partial charge in [-0.2, -0.15) is 0 Å². The number of carboxylic acids is 1. The number of carbonyl (C=O) groups excluding carboxylic acids is 2. The lowest BCUT2D eigenvalue weighted by molar-refractivity contribution is 0.00641. The van der Waals surface area contributed by atoms with Gasteiger partial charge in [-0.25, -0.2) is 74.6 Å². The Morgan fingerprint density at radius 3 is 1.23 bits per heavy atom. The Hall–Kier alpha value is -8.40. The number of rotatable bonds is 14. The minimum Gasteiger partial charge on any atom is -0.478 e. The largest absolute Gasteiger partial charge is 0.478 e. The molecular weight excluding hydrogens is 1510 g/mol. The number of aromatic nitrogens is 6. The molecule has 21 nitrogen and oxygen atoms in total. The topological polar surface area (TPSA) is 375 Å². The predicted octanol–water partition coefficient (Wildman–Crippen LogP) is 12.5. The Labute approximate surface area is 609 Å². The summed E-state index contributed by atoms with van der Waals surface area (Å²) >= 11 is 6.29. The number of hydrogen-bond acceptors (Lipinski definition) is 19. The van der Waals surface area contributed by atoms with Crippen LogP contribution in [0.3, 0.4) is 0 Å². The van der Waals surface area contributed by atoms with Gasteiger partial charge in [0.1, 0.15) is 87.7 Å². The monoisotopic (exact) mass is 1590 g/mol. The zero-order valence-corrected chi connectivity index (χ0v) is 59.5. The molecule has 0 radical (unpaired) electrons. The second kappa shape index (κ2) is 36.3. The summed E-state index contributed by atoms with van der Waals surface area (Å²) in [6.07, 6.45) is 0.472.